The monoisotopic (exact) mass is 200 g/mol. The summed E-state index contributed by atoms with van der Waals surface area (Å²) < 4.78 is 5.21. The van der Waals surface area contributed by atoms with Crippen molar-refractivity contribution >= 4 is 0 Å². The van der Waals surface area contributed by atoms with Crippen LogP contribution in [0.5, 0.6) is 0 Å². The fourth-order valence-electron chi connectivity index (χ4n) is 2.26. The van der Waals surface area contributed by atoms with Gasteiger partial charge in [0.1, 0.15) is 0 Å². The molecule has 2 saturated heterocycles. The first-order valence-electron chi connectivity index (χ1n) is 5.54. The van der Waals surface area contributed by atoms with Gasteiger partial charge in [0.15, 0.2) is 0 Å². The predicted molar refractivity (Wildman–Crippen MR) is 54.3 cm³/mol. The molecule has 0 amide bonds. The molecule has 0 aromatic carbocycles. The van der Waals surface area contributed by atoms with E-state index in [9.17, 15) is 5.11 Å². The van der Waals surface area contributed by atoms with Gasteiger partial charge in [-0.2, -0.15) is 0 Å². The lowest BCUT2D eigenvalue weighted by atomic mass is 10.1. The van der Waals surface area contributed by atoms with Gasteiger partial charge >= 0.3 is 0 Å². The van der Waals surface area contributed by atoms with Crippen molar-refractivity contribution in [3.63, 3.8) is 0 Å². The van der Waals surface area contributed by atoms with Gasteiger partial charge in [-0.25, -0.2) is 0 Å². The zero-order valence-corrected chi connectivity index (χ0v) is 8.78. The van der Waals surface area contributed by atoms with Gasteiger partial charge < -0.3 is 20.1 Å². The lowest BCUT2D eigenvalue weighted by molar-refractivity contribution is 0.121. The number of nitrogens with zero attached hydrogens (tertiary/aromatic N) is 1. The van der Waals surface area contributed by atoms with E-state index in [1.165, 1.54) is 13.0 Å². The van der Waals surface area contributed by atoms with E-state index in [2.05, 4.69) is 17.1 Å². The average Bonchev–Trinajstić information content (AvgIpc) is 2.77. The molecule has 4 nitrogen and oxygen atoms in total. The van der Waals surface area contributed by atoms with Crippen LogP contribution in [-0.2, 0) is 4.74 Å². The highest BCUT2D eigenvalue weighted by molar-refractivity contribution is 4.88. The Kier molecular flexibility index (Phi) is 3.38. The smallest absolute Gasteiger partial charge is 0.0948 e. The second-order valence-corrected chi connectivity index (χ2v) is 4.26. The number of aliphatic hydroxyl groups is 1. The standard InChI is InChI=1S/C10H20N2O2/c1-2-12-4-3-8(5-12)11-9-6-14-7-10(9)13/h8-11,13H,2-7H2,1H3/t8?,9-,10-/m1/s1. The molecular formula is C10H20N2O2. The normalized spacial score (nSPS) is 39.4. The summed E-state index contributed by atoms with van der Waals surface area (Å²) in [4.78, 5) is 2.43. The average molecular weight is 200 g/mol. The quantitative estimate of drug-likeness (QED) is 0.640. The van der Waals surface area contributed by atoms with Crippen LogP contribution in [0, 0.1) is 0 Å². The van der Waals surface area contributed by atoms with Crippen molar-refractivity contribution < 1.29 is 9.84 Å². The molecule has 2 fully saturated rings. The number of likely N-dealkylation sites (tertiary alicyclic amines) is 1. The number of likely N-dealkylation sites (N-methyl/N-ethyl adjacent to an activating group) is 1. The van der Waals surface area contributed by atoms with Crippen molar-refractivity contribution in [3.05, 3.63) is 0 Å². The third-order valence-corrected chi connectivity index (χ3v) is 3.22. The lowest BCUT2D eigenvalue weighted by Gasteiger charge is -2.20. The van der Waals surface area contributed by atoms with E-state index < -0.39 is 0 Å². The molecule has 3 atom stereocenters. The maximum atomic E-state index is 9.57. The maximum absolute atomic E-state index is 9.57. The molecule has 0 aromatic rings. The molecule has 14 heavy (non-hydrogen) atoms. The van der Waals surface area contributed by atoms with E-state index >= 15 is 0 Å². The zero-order chi connectivity index (χ0) is 9.97. The van der Waals surface area contributed by atoms with Gasteiger partial charge in [0, 0.05) is 12.6 Å². The number of rotatable bonds is 3. The van der Waals surface area contributed by atoms with Crippen LogP contribution in [0.1, 0.15) is 13.3 Å². The first-order chi connectivity index (χ1) is 6.79. The van der Waals surface area contributed by atoms with E-state index in [4.69, 9.17) is 4.74 Å². The molecular weight excluding hydrogens is 180 g/mol. The van der Waals surface area contributed by atoms with E-state index in [0.717, 1.165) is 13.1 Å². The minimum Gasteiger partial charge on any atom is -0.389 e. The van der Waals surface area contributed by atoms with Gasteiger partial charge in [-0.1, -0.05) is 6.92 Å². The summed E-state index contributed by atoms with van der Waals surface area (Å²) in [6.07, 6.45) is 0.877. The first-order valence-corrected chi connectivity index (χ1v) is 5.54. The third kappa shape index (κ3) is 2.25. The molecule has 0 aromatic heterocycles. The molecule has 2 heterocycles. The van der Waals surface area contributed by atoms with Crippen LogP contribution in [0.2, 0.25) is 0 Å². The van der Waals surface area contributed by atoms with Crippen LogP contribution in [0.15, 0.2) is 0 Å². The largest absolute Gasteiger partial charge is 0.389 e. The van der Waals surface area contributed by atoms with Gasteiger partial charge in [0.05, 0.1) is 25.4 Å². The Morgan fingerprint density at radius 2 is 2.36 bits per heavy atom. The summed E-state index contributed by atoms with van der Waals surface area (Å²) in [5.74, 6) is 0. The van der Waals surface area contributed by atoms with Gasteiger partial charge in [-0.3, -0.25) is 0 Å². The van der Waals surface area contributed by atoms with Crippen LogP contribution in [0.3, 0.4) is 0 Å². The predicted octanol–water partition coefficient (Wildman–Crippen LogP) is -0.570. The highest BCUT2D eigenvalue weighted by Crippen LogP contribution is 2.12. The number of hydrogen-bond donors (Lipinski definition) is 2. The highest BCUT2D eigenvalue weighted by Gasteiger charge is 2.30. The molecule has 4 heteroatoms. The first kappa shape index (κ1) is 10.4. The summed E-state index contributed by atoms with van der Waals surface area (Å²) >= 11 is 0. The van der Waals surface area contributed by atoms with Crippen molar-refractivity contribution in [2.24, 2.45) is 0 Å². The molecule has 0 saturated carbocycles. The van der Waals surface area contributed by atoms with Gasteiger partial charge in [-0.15, -0.1) is 0 Å². The Morgan fingerprint density at radius 1 is 1.50 bits per heavy atom. The van der Waals surface area contributed by atoms with E-state index in [1.54, 1.807) is 0 Å². The fourth-order valence-corrected chi connectivity index (χ4v) is 2.26. The summed E-state index contributed by atoms with van der Waals surface area (Å²) in [5, 5.41) is 13.0. The Balaban J connectivity index is 1.75. The SMILES string of the molecule is CCN1CCC(N[C@@H]2COC[C@H]2O)C1. The number of hydrogen-bond acceptors (Lipinski definition) is 4. The zero-order valence-electron chi connectivity index (χ0n) is 8.78. The number of nitrogens with one attached hydrogen (secondary N) is 1. The van der Waals surface area contributed by atoms with Crippen LogP contribution < -0.4 is 5.32 Å². The summed E-state index contributed by atoms with van der Waals surface area (Å²) in [6, 6.07) is 0.688. The summed E-state index contributed by atoms with van der Waals surface area (Å²) in [5.41, 5.74) is 0. The lowest BCUT2D eigenvalue weighted by Crippen LogP contribution is -2.46. The third-order valence-electron chi connectivity index (χ3n) is 3.22. The second-order valence-electron chi connectivity index (χ2n) is 4.26. The molecule has 2 rings (SSSR count). The topological polar surface area (TPSA) is 44.7 Å². The number of ether oxygens (including phenoxy) is 1. The van der Waals surface area contributed by atoms with E-state index in [1.807, 2.05) is 0 Å². The highest BCUT2D eigenvalue weighted by atomic mass is 16.5. The Morgan fingerprint density at radius 3 is 2.93 bits per heavy atom. The minimum atomic E-state index is -0.314. The van der Waals surface area contributed by atoms with Crippen LogP contribution >= 0.6 is 0 Å². The molecule has 0 radical (unpaired) electrons. The Bertz CT molecular complexity index is 189. The van der Waals surface area contributed by atoms with Gasteiger partial charge in [-0.05, 0) is 19.5 Å². The van der Waals surface area contributed by atoms with Gasteiger partial charge in [0.2, 0.25) is 0 Å². The Labute approximate surface area is 85.2 Å². The molecule has 2 aliphatic heterocycles. The molecule has 0 aliphatic carbocycles. The Hall–Kier alpha value is -0.160. The summed E-state index contributed by atoms with van der Waals surface area (Å²) in [7, 11) is 0. The number of aliphatic hydroxyl groups excluding tert-OH is 1. The van der Waals surface area contributed by atoms with Crippen LogP contribution in [0.25, 0.3) is 0 Å². The molecule has 2 N–H and O–H groups in total. The van der Waals surface area contributed by atoms with Crippen LogP contribution in [-0.4, -0.2) is 61.0 Å². The van der Waals surface area contributed by atoms with Crippen molar-refractivity contribution in [2.75, 3.05) is 32.8 Å². The van der Waals surface area contributed by atoms with Crippen molar-refractivity contribution in [1.82, 2.24) is 10.2 Å². The summed E-state index contributed by atoms with van der Waals surface area (Å²) in [6.45, 7) is 6.75. The van der Waals surface area contributed by atoms with Crippen molar-refractivity contribution in [1.29, 1.82) is 0 Å². The van der Waals surface area contributed by atoms with Gasteiger partial charge in [0.25, 0.3) is 0 Å². The molecule has 2 aliphatic rings. The molecule has 0 bridgehead atoms. The second kappa shape index (κ2) is 4.57. The van der Waals surface area contributed by atoms with Crippen molar-refractivity contribution in [3.8, 4) is 0 Å². The fraction of sp³-hybridized carbons (Fsp3) is 1.00. The van der Waals surface area contributed by atoms with Crippen molar-refractivity contribution in [2.45, 2.75) is 31.5 Å². The minimum absolute atomic E-state index is 0.150. The van der Waals surface area contributed by atoms with Crippen LogP contribution in [0.4, 0.5) is 0 Å². The molecule has 82 valence electrons. The van der Waals surface area contributed by atoms with E-state index in [0.29, 0.717) is 19.3 Å². The molecule has 1 unspecified atom stereocenters. The molecule has 0 spiro atoms. The maximum Gasteiger partial charge on any atom is 0.0948 e. The van der Waals surface area contributed by atoms with E-state index in [-0.39, 0.29) is 12.1 Å².